The van der Waals surface area contributed by atoms with Crippen LogP contribution in [0.4, 0.5) is 0 Å². The third-order valence-corrected chi connectivity index (χ3v) is 6.13. The SMILES string of the molecule is C/C=C\C=C(\C=O)C1=CNC(NC(=O)C2=CCC=CC(C#Cc3ccccc3)N2)N1.CC.CNC1CCCC1. The zero-order chi connectivity index (χ0) is 28.3. The number of aldehydes is 1. The quantitative estimate of drug-likeness (QED) is 0.125. The number of carbonyl (C=O) groups excluding carboxylic acids is 2. The van der Waals surface area contributed by atoms with E-state index in [1.807, 2.05) is 75.4 Å². The average Bonchev–Trinajstić information content (AvgIpc) is 3.62. The third kappa shape index (κ3) is 11.1. The van der Waals surface area contributed by atoms with Gasteiger partial charge >= 0.3 is 0 Å². The topological polar surface area (TPSA) is 94.3 Å². The lowest BCUT2D eigenvalue weighted by Gasteiger charge is -2.18. The summed E-state index contributed by atoms with van der Waals surface area (Å²) in [6.45, 7) is 5.87. The van der Waals surface area contributed by atoms with Gasteiger partial charge in [0, 0.05) is 23.4 Å². The van der Waals surface area contributed by atoms with E-state index in [4.69, 9.17) is 0 Å². The van der Waals surface area contributed by atoms with Crippen molar-refractivity contribution in [2.75, 3.05) is 7.05 Å². The Morgan fingerprint density at radius 3 is 2.46 bits per heavy atom. The molecule has 1 amide bonds. The molecule has 1 aliphatic carbocycles. The minimum absolute atomic E-state index is 0.269. The van der Waals surface area contributed by atoms with Gasteiger partial charge in [0.05, 0.1) is 11.4 Å². The maximum Gasteiger partial charge on any atom is 0.270 e. The highest BCUT2D eigenvalue weighted by atomic mass is 16.2. The van der Waals surface area contributed by atoms with Gasteiger partial charge in [0.15, 0.2) is 12.6 Å². The number of benzene rings is 1. The fraction of sp³-hybridized carbons (Fsp3) is 0.375. The molecule has 208 valence electrons. The molecule has 2 aliphatic heterocycles. The Kier molecular flexibility index (Phi) is 14.6. The second kappa shape index (κ2) is 18.3. The van der Waals surface area contributed by atoms with E-state index in [-0.39, 0.29) is 11.9 Å². The van der Waals surface area contributed by atoms with Crippen molar-refractivity contribution in [1.29, 1.82) is 0 Å². The second-order valence-electron chi connectivity index (χ2n) is 8.85. The molecule has 0 aromatic heterocycles. The van der Waals surface area contributed by atoms with Gasteiger partial charge in [-0.1, -0.05) is 87.1 Å². The summed E-state index contributed by atoms with van der Waals surface area (Å²) in [6.07, 6.45) is 19.3. The number of hydrogen-bond donors (Lipinski definition) is 5. The Morgan fingerprint density at radius 1 is 1.08 bits per heavy atom. The summed E-state index contributed by atoms with van der Waals surface area (Å²) >= 11 is 0. The molecule has 0 bridgehead atoms. The number of carbonyl (C=O) groups is 2. The van der Waals surface area contributed by atoms with Crippen molar-refractivity contribution >= 4 is 12.2 Å². The smallest absolute Gasteiger partial charge is 0.270 e. The lowest BCUT2D eigenvalue weighted by atomic mass is 10.2. The van der Waals surface area contributed by atoms with E-state index in [9.17, 15) is 9.59 Å². The van der Waals surface area contributed by atoms with Crippen LogP contribution in [-0.2, 0) is 9.59 Å². The Morgan fingerprint density at radius 2 is 1.82 bits per heavy atom. The predicted molar refractivity (Wildman–Crippen MR) is 160 cm³/mol. The number of hydrogen-bond acceptors (Lipinski definition) is 6. The van der Waals surface area contributed by atoms with Crippen LogP contribution in [-0.4, -0.2) is 37.6 Å². The van der Waals surface area contributed by atoms with Crippen LogP contribution in [0.25, 0.3) is 0 Å². The fourth-order valence-corrected chi connectivity index (χ4v) is 4.07. The monoisotopic (exact) mass is 529 g/mol. The standard InChI is InChI=1S/C24H24N4O2.C6H13N.C2H6/c1-2-3-11-19(17-29)22-16-25-24(27-22)28-23(30)21-13-8-7-12-20(26-21)15-14-18-9-5-4-6-10-18;1-7-6-4-2-3-5-6;1-2/h2-7,9-13,16-17,20,24-27H,8H2,1H3,(H,28,30);6-7H,2-5H2,1H3;1-2H3/b3-2-,19-11-;;. The Balaban J connectivity index is 0.000000507. The normalized spacial score (nSPS) is 20.2. The van der Waals surface area contributed by atoms with Gasteiger partial charge in [-0.3, -0.25) is 9.59 Å². The van der Waals surface area contributed by atoms with Crippen molar-refractivity contribution in [3.63, 3.8) is 0 Å². The minimum atomic E-state index is -0.519. The summed E-state index contributed by atoms with van der Waals surface area (Å²) in [5.41, 5.74) is 2.47. The van der Waals surface area contributed by atoms with Gasteiger partial charge in [0.2, 0.25) is 0 Å². The number of allylic oxidation sites excluding steroid dienone is 6. The summed E-state index contributed by atoms with van der Waals surface area (Å²) in [5, 5.41) is 15.4. The Hall–Kier alpha value is -4.02. The molecule has 4 rings (SSSR count). The molecule has 1 aromatic rings. The van der Waals surface area contributed by atoms with Gasteiger partial charge in [-0.2, -0.15) is 0 Å². The maximum atomic E-state index is 12.7. The van der Waals surface area contributed by atoms with E-state index in [1.54, 1.807) is 18.4 Å². The molecular formula is C32H43N5O2. The molecule has 1 fully saturated rings. The van der Waals surface area contributed by atoms with E-state index in [0.29, 0.717) is 23.4 Å². The molecule has 5 N–H and O–H groups in total. The molecule has 2 atom stereocenters. The fourth-order valence-electron chi connectivity index (χ4n) is 4.07. The van der Waals surface area contributed by atoms with Crippen molar-refractivity contribution in [2.45, 2.75) is 71.2 Å². The molecule has 7 nitrogen and oxygen atoms in total. The first-order valence-electron chi connectivity index (χ1n) is 13.8. The lowest BCUT2D eigenvalue weighted by Crippen LogP contribution is -2.50. The van der Waals surface area contributed by atoms with Crippen molar-refractivity contribution in [1.82, 2.24) is 26.6 Å². The summed E-state index contributed by atoms with van der Waals surface area (Å²) in [6, 6.07) is 10.3. The van der Waals surface area contributed by atoms with Gasteiger partial charge < -0.3 is 26.6 Å². The molecule has 0 spiro atoms. The molecule has 7 heteroatoms. The van der Waals surface area contributed by atoms with E-state index in [0.717, 1.165) is 17.9 Å². The first-order valence-corrected chi connectivity index (χ1v) is 13.8. The van der Waals surface area contributed by atoms with Crippen molar-refractivity contribution in [3.8, 4) is 11.8 Å². The van der Waals surface area contributed by atoms with Crippen LogP contribution in [0.1, 0.15) is 58.4 Å². The van der Waals surface area contributed by atoms with Gasteiger partial charge in [-0.15, -0.1) is 0 Å². The first-order chi connectivity index (χ1) is 19.1. The van der Waals surface area contributed by atoms with E-state index in [2.05, 4.69) is 45.5 Å². The molecule has 2 heterocycles. The van der Waals surface area contributed by atoms with Crippen LogP contribution in [0.5, 0.6) is 0 Å². The summed E-state index contributed by atoms with van der Waals surface area (Å²) < 4.78 is 0. The molecule has 3 aliphatic rings. The summed E-state index contributed by atoms with van der Waals surface area (Å²) in [5.74, 6) is 5.99. The van der Waals surface area contributed by atoms with Crippen molar-refractivity contribution < 1.29 is 9.59 Å². The molecule has 0 radical (unpaired) electrons. The highest BCUT2D eigenvalue weighted by Gasteiger charge is 2.22. The summed E-state index contributed by atoms with van der Waals surface area (Å²) in [4.78, 5) is 24.0. The zero-order valence-electron chi connectivity index (χ0n) is 23.6. The minimum Gasteiger partial charge on any atom is -0.364 e. The number of nitrogens with one attached hydrogen (secondary N) is 5. The predicted octanol–water partition coefficient (Wildman–Crippen LogP) is 4.15. The van der Waals surface area contributed by atoms with E-state index < -0.39 is 6.29 Å². The van der Waals surface area contributed by atoms with Gasteiger partial charge in [-0.05, 0) is 51.4 Å². The van der Waals surface area contributed by atoms with Gasteiger partial charge in [0.1, 0.15) is 6.04 Å². The second-order valence-corrected chi connectivity index (χ2v) is 8.85. The van der Waals surface area contributed by atoms with Crippen LogP contribution >= 0.6 is 0 Å². The van der Waals surface area contributed by atoms with Crippen LogP contribution in [0.15, 0.2) is 90.0 Å². The molecular weight excluding hydrogens is 486 g/mol. The van der Waals surface area contributed by atoms with Crippen LogP contribution in [0.3, 0.4) is 0 Å². The highest BCUT2D eigenvalue weighted by Crippen LogP contribution is 2.16. The molecule has 0 saturated heterocycles. The van der Waals surface area contributed by atoms with Crippen molar-refractivity contribution in [3.05, 3.63) is 95.5 Å². The maximum absolute atomic E-state index is 12.7. The largest absolute Gasteiger partial charge is 0.364 e. The van der Waals surface area contributed by atoms with Gasteiger partial charge in [0.25, 0.3) is 5.91 Å². The molecule has 2 unspecified atom stereocenters. The third-order valence-electron chi connectivity index (χ3n) is 6.13. The van der Waals surface area contributed by atoms with E-state index >= 15 is 0 Å². The van der Waals surface area contributed by atoms with Crippen molar-refractivity contribution in [2.24, 2.45) is 0 Å². The average molecular weight is 530 g/mol. The zero-order valence-corrected chi connectivity index (χ0v) is 23.6. The molecule has 1 saturated carbocycles. The van der Waals surface area contributed by atoms with E-state index in [1.165, 1.54) is 25.7 Å². The number of rotatable bonds is 6. The van der Waals surface area contributed by atoms with Crippen LogP contribution in [0.2, 0.25) is 0 Å². The summed E-state index contributed by atoms with van der Waals surface area (Å²) in [7, 11) is 2.05. The number of amides is 1. The Labute approximate surface area is 234 Å². The van der Waals surface area contributed by atoms with Crippen LogP contribution in [0, 0.1) is 11.8 Å². The first kappa shape index (κ1) is 31.2. The van der Waals surface area contributed by atoms with Crippen LogP contribution < -0.4 is 26.6 Å². The lowest BCUT2D eigenvalue weighted by molar-refractivity contribution is -0.118. The highest BCUT2D eigenvalue weighted by molar-refractivity contribution is 5.93. The van der Waals surface area contributed by atoms with Gasteiger partial charge in [-0.25, -0.2) is 0 Å². The molecule has 39 heavy (non-hydrogen) atoms. The molecule has 1 aromatic carbocycles. The Bertz CT molecular complexity index is 1120.